The summed E-state index contributed by atoms with van der Waals surface area (Å²) in [4.78, 5) is 16.1. The monoisotopic (exact) mass is 255 g/mol. The minimum absolute atomic E-state index is 0.148. The first kappa shape index (κ1) is 12.5. The van der Waals surface area contributed by atoms with Crippen molar-refractivity contribution in [3.63, 3.8) is 0 Å². The third-order valence-corrected chi connectivity index (χ3v) is 3.27. The molecule has 1 saturated heterocycles. The number of hydrogen-bond donors (Lipinski definition) is 1. The average molecular weight is 255 g/mol. The fraction of sp³-hybridized carbons (Fsp3) is 0.636. The minimum atomic E-state index is -0.148. The molecular weight excluding hydrogens is 238 g/mol. The van der Waals surface area contributed by atoms with Gasteiger partial charge < -0.3 is 9.30 Å². The van der Waals surface area contributed by atoms with Crippen molar-refractivity contribution in [3.8, 4) is 0 Å². The van der Waals surface area contributed by atoms with Gasteiger partial charge in [0.2, 0.25) is 0 Å². The number of aromatic nitrogens is 2. The first-order valence-electron chi connectivity index (χ1n) is 5.78. The Morgan fingerprint density at radius 1 is 1.53 bits per heavy atom. The number of rotatable bonds is 3. The molecule has 1 fully saturated rings. The summed E-state index contributed by atoms with van der Waals surface area (Å²) in [6, 6.07) is 1.75. The molecule has 0 saturated carbocycles. The molecule has 1 N–H and O–H groups in total. The molecule has 0 amide bonds. The van der Waals surface area contributed by atoms with Crippen molar-refractivity contribution >= 4 is 12.2 Å². The third-order valence-electron chi connectivity index (χ3n) is 2.95. The number of nitrogens with one attached hydrogen (secondary N) is 1. The summed E-state index contributed by atoms with van der Waals surface area (Å²) in [5, 5.41) is 0. The van der Waals surface area contributed by atoms with Crippen molar-refractivity contribution in [1.29, 1.82) is 0 Å². The van der Waals surface area contributed by atoms with Gasteiger partial charge in [0, 0.05) is 37.9 Å². The van der Waals surface area contributed by atoms with Gasteiger partial charge in [0.05, 0.1) is 13.2 Å². The maximum absolute atomic E-state index is 11.1. The number of ether oxygens (including phenoxy) is 1. The lowest BCUT2D eigenvalue weighted by Crippen LogP contribution is -2.39. The Bertz CT molecular complexity index is 476. The van der Waals surface area contributed by atoms with Gasteiger partial charge in [-0.1, -0.05) is 0 Å². The maximum atomic E-state index is 11.1. The topological polar surface area (TPSA) is 50.3 Å². The molecule has 1 aliphatic rings. The van der Waals surface area contributed by atoms with E-state index in [-0.39, 0.29) is 11.6 Å². The van der Waals surface area contributed by atoms with E-state index in [9.17, 15) is 4.79 Å². The molecular formula is C11H17N3O2S. The van der Waals surface area contributed by atoms with Gasteiger partial charge in [-0.3, -0.25) is 14.7 Å². The summed E-state index contributed by atoms with van der Waals surface area (Å²) in [5.74, 6) is 0. The fourth-order valence-electron chi connectivity index (χ4n) is 2.02. The van der Waals surface area contributed by atoms with Crippen LogP contribution in [0.2, 0.25) is 0 Å². The summed E-state index contributed by atoms with van der Waals surface area (Å²) in [5.41, 5.74) is -0.148. The first-order chi connectivity index (χ1) is 8.16. The van der Waals surface area contributed by atoms with E-state index in [1.807, 2.05) is 4.57 Å². The Hall–Kier alpha value is -0.980. The molecule has 1 aromatic heterocycles. The van der Waals surface area contributed by atoms with Crippen molar-refractivity contribution in [2.24, 2.45) is 0 Å². The van der Waals surface area contributed by atoms with E-state index >= 15 is 0 Å². The van der Waals surface area contributed by atoms with Gasteiger partial charge in [-0.05, 0) is 19.1 Å². The van der Waals surface area contributed by atoms with Crippen LogP contribution in [0, 0.1) is 4.77 Å². The quantitative estimate of drug-likeness (QED) is 0.812. The van der Waals surface area contributed by atoms with E-state index in [1.54, 1.807) is 6.20 Å². The number of aromatic amines is 1. The van der Waals surface area contributed by atoms with Crippen LogP contribution >= 0.6 is 12.2 Å². The molecule has 5 nitrogen and oxygen atoms in total. The zero-order valence-corrected chi connectivity index (χ0v) is 10.7. The van der Waals surface area contributed by atoms with E-state index in [1.165, 1.54) is 6.07 Å². The number of hydrogen-bond acceptors (Lipinski definition) is 4. The molecule has 1 atom stereocenters. The highest BCUT2D eigenvalue weighted by Gasteiger charge is 2.14. The van der Waals surface area contributed by atoms with E-state index in [2.05, 4.69) is 16.8 Å². The Morgan fingerprint density at radius 3 is 2.88 bits per heavy atom. The van der Waals surface area contributed by atoms with Crippen LogP contribution in [0.5, 0.6) is 0 Å². The normalized spacial score (nSPS) is 19.1. The predicted molar refractivity (Wildman–Crippen MR) is 67.9 cm³/mol. The molecule has 17 heavy (non-hydrogen) atoms. The Morgan fingerprint density at radius 2 is 2.24 bits per heavy atom. The van der Waals surface area contributed by atoms with E-state index in [0.29, 0.717) is 4.77 Å². The summed E-state index contributed by atoms with van der Waals surface area (Å²) >= 11 is 5.15. The third kappa shape index (κ3) is 3.24. The number of morpholine rings is 1. The van der Waals surface area contributed by atoms with Gasteiger partial charge in [-0.15, -0.1) is 0 Å². The van der Waals surface area contributed by atoms with Crippen LogP contribution in [0.1, 0.15) is 13.0 Å². The van der Waals surface area contributed by atoms with E-state index in [0.717, 1.165) is 32.8 Å². The summed E-state index contributed by atoms with van der Waals surface area (Å²) in [6.07, 6.45) is 1.76. The Labute approximate surface area is 105 Å². The number of nitrogens with zero attached hydrogens (tertiary/aromatic N) is 2. The number of H-pyrrole nitrogens is 1. The second kappa shape index (κ2) is 5.57. The Kier molecular flexibility index (Phi) is 4.09. The van der Waals surface area contributed by atoms with Crippen LogP contribution in [-0.2, 0) is 4.74 Å². The van der Waals surface area contributed by atoms with Gasteiger partial charge in [-0.25, -0.2) is 0 Å². The highest BCUT2D eigenvalue weighted by molar-refractivity contribution is 7.71. The van der Waals surface area contributed by atoms with Crippen LogP contribution in [0.3, 0.4) is 0 Å². The van der Waals surface area contributed by atoms with Gasteiger partial charge in [-0.2, -0.15) is 0 Å². The van der Waals surface area contributed by atoms with Crippen molar-refractivity contribution in [2.75, 3.05) is 32.8 Å². The van der Waals surface area contributed by atoms with Gasteiger partial charge >= 0.3 is 0 Å². The van der Waals surface area contributed by atoms with Crippen molar-refractivity contribution < 1.29 is 4.74 Å². The molecule has 0 bridgehead atoms. The molecule has 1 aliphatic heterocycles. The van der Waals surface area contributed by atoms with Crippen LogP contribution in [-0.4, -0.2) is 47.3 Å². The molecule has 94 valence electrons. The van der Waals surface area contributed by atoms with Crippen molar-refractivity contribution in [3.05, 3.63) is 27.4 Å². The summed E-state index contributed by atoms with van der Waals surface area (Å²) in [7, 11) is 0. The SMILES string of the molecule is CC(CN1CCOCC1)n1ccc(=O)[nH]c1=S. The van der Waals surface area contributed by atoms with Crippen LogP contribution < -0.4 is 5.56 Å². The van der Waals surface area contributed by atoms with Gasteiger partial charge in [0.1, 0.15) is 0 Å². The van der Waals surface area contributed by atoms with Gasteiger partial charge in [0.25, 0.3) is 5.56 Å². The highest BCUT2D eigenvalue weighted by atomic mass is 32.1. The summed E-state index contributed by atoms with van der Waals surface area (Å²) in [6.45, 7) is 6.53. The average Bonchev–Trinajstić information content (AvgIpc) is 2.30. The molecule has 1 aromatic rings. The molecule has 6 heteroatoms. The standard InChI is InChI=1S/C11H17N3O2S/c1-9(8-13-4-6-16-7-5-13)14-3-2-10(15)12-11(14)17/h2-3,9H,4-8H2,1H3,(H,12,15,17). The van der Waals surface area contributed by atoms with Crippen molar-refractivity contribution in [1.82, 2.24) is 14.5 Å². The van der Waals surface area contributed by atoms with E-state index < -0.39 is 0 Å². The van der Waals surface area contributed by atoms with Crippen molar-refractivity contribution in [2.45, 2.75) is 13.0 Å². The van der Waals surface area contributed by atoms with Crippen LogP contribution in [0.4, 0.5) is 0 Å². The first-order valence-corrected chi connectivity index (χ1v) is 6.19. The zero-order valence-electron chi connectivity index (χ0n) is 9.89. The molecule has 0 aliphatic carbocycles. The molecule has 0 spiro atoms. The second-order valence-electron chi connectivity index (χ2n) is 4.28. The maximum Gasteiger partial charge on any atom is 0.251 e. The smallest absolute Gasteiger partial charge is 0.251 e. The largest absolute Gasteiger partial charge is 0.379 e. The highest BCUT2D eigenvalue weighted by Crippen LogP contribution is 2.08. The fourth-order valence-corrected chi connectivity index (χ4v) is 2.36. The van der Waals surface area contributed by atoms with Gasteiger partial charge in [0.15, 0.2) is 4.77 Å². The summed E-state index contributed by atoms with van der Waals surface area (Å²) < 4.78 is 7.72. The lowest BCUT2D eigenvalue weighted by Gasteiger charge is -2.29. The lowest BCUT2D eigenvalue weighted by atomic mass is 10.3. The minimum Gasteiger partial charge on any atom is -0.379 e. The second-order valence-corrected chi connectivity index (χ2v) is 4.67. The molecule has 2 heterocycles. The van der Waals surface area contributed by atoms with Crippen LogP contribution in [0.15, 0.2) is 17.1 Å². The zero-order chi connectivity index (χ0) is 12.3. The Balaban J connectivity index is 2.05. The predicted octanol–water partition coefficient (Wildman–Crippen LogP) is 0.799. The van der Waals surface area contributed by atoms with E-state index in [4.69, 9.17) is 17.0 Å². The molecule has 0 aromatic carbocycles. The molecule has 0 radical (unpaired) electrons. The molecule has 1 unspecified atom stereocenters. The lowest BCUT2D eigenvalue weighted by molar-refractivity contribution is 0.0324. The molecule has 2 rings (SSSR count). The van der Waals surface area contributed by atoms with Crippen LogP contribution in [0.25, 0.3) is 0 Å².